The fraction of sp³-hybridized carbons (Fsp3) is 0.333. The predicted octanol–water partition coefficient (Wildman–Crippen LogP) is 2.33. The number of carbonyl (C=O) groups excluding carboxylic acids is 1. The van der Waals surface area contributed by atoms with Gasteiger partial charge in [0.15, 0.2) is 10.2 Å². The lowest BCUT2D eigenvalue weighted by molar-refractivity contribution is -0.135. The van der Waals surface area contributed by atoms with E-state index in [4.69, 9.17) is 79.9 Å². The van der Waals surface area contributed by atoms with Crippen molar-refractivity contribution in [3.63, 3.8) is 0 Å². The van der Waals surface area contributed by atoms with Crippen molar-refractivity contribution in [1.82, 2.24) is 39.6 Å². The van der Waals surface area contributed by atoms with Crippen LogP contribution in [0.2, 0.25) is 15.2 Å². The Balaban J connectivity index is 0.000000336. The number of halogens is 3. The summed E-state index contributed by atoms with van der Waals surface area (Å²) in [5.41, 5.74) is -0.882. The van der Waals surface area contributed by atoms with Gasteiger partial charge in [-0.2, -0.15) is 28.2 Å². The average Bonchev–Trinajstić information content (AvgIpc) is 3.65. The first-order chi connectivity index (χ1) is 27.2. The zero-order valence-corrected chi connectivity index (χ0v) is 35.4. The van der Waals surface area contributed by atoms with Crippen LogP contribution in [0.1, 0.15) is 37.0 Å². The van der Waals surface area contributed by atoms with Crippen LogP contribution in [0.25, 0.3) is 5.69 Å². The van der Waals surface area contributed by atoms with Crippen LogP contribution in [0.4, 0.5) is 10.7 Å². The van der Waals surface area contributed by atoms with Crippen LogP contribution >= 0.6 is 42.4 Å². The van der Waals surface area contributed by atoms with Crippen LogP contribution in [0.3, 0.4) is 0 Å². The molecule has 0 bridgehead atoms. The lowest BCUT2D eigenvalue weighted by Gasteiger charge is -2.11. The third-order valence-electron chi connectivity index (χ3n) is 6.29. The standard InChI is InChI=1S/C15H14Cl2N2O3.C12H13ClN6O7S.C3H8NO5P/c1-5-6-21-12-8-11(9(16)7-10(12)17)19-14(20)22-13(18-19)15(2,3)4;1-19-9(7(10(20)21)8(13)17-19)27(23,24)18-12(22)16-11-14-5(25-2)4-6(15-11)26-3;5-3(6)1-4-2-10(7,8)9/h1,7-8H,6H2,2-4H3;4H,1-3H3,(H,20,21)(H2,14,15,16,18,22);4H,1-2H2,(H,5,6)(H2,7,8,9). The minimum absolute atomic E-state index is 0.0434. The molecule has 59 heavy (non-hydrogen) atoms. The molecule has 322 valence electrons. The Hall–Kier alpha value is -5.45. The minimum Gasteiger partial charge on any atom is -0.481 e. The van der Waals surface area contributed by atoms with Crippen molar-refractivity contribution in [2.75, 3.05) is 39.0 Å². The summed E-state index contributed by atoms with van der Waals surface area (Å²) in [6, 6.07) is 3.02. The van der Waals surface area contributed by atoms with Gasteiger partial charge in [-0.3, -0.25) is 24.7 Å². The molecule has 0 radical (unpaired) electrons. The van der Waals surface area contributed by atoms with Crippen molar-refractivity contribution in [3.8, 4) is 35.5 Å². The summed E-state index contributed by atoms with van der Waals surface area (Å²) in [5.74, 6) is -0.692. The van der Waals surface area contributed by atoms with E-state index in [9.17, 15) is 32.2 Å². The molecule has 3 heterocycles. The van der Waals surface area contributed by atoms with Crippen molar-refractivity contribution in [2.45, 2.75) is 31.2 Å². The Bertz CT molecular complexity index is 2420. The molecule has 0 saturated heterocycles. The quantitative estimate of drug-likeness (QED) is 0.0747. The van der Waals surface area contributed by atoms with Gasteiger partial charge < -0.3 is 38.6 Å². The van der Waals surface area contributed by atoms with E-state index in [-0.39, 0.29) is 34.4 Å². The molecule has 7 N–H and O–H groups in total. The molecular formula is C30H35Cl3N9O15PS. The maximum atomic E-state index is 12.4. The number of carbonyl (C=O) groups is 3. The highest BCUT2D eigenvalue weighted by Crippen LogP contribution is 2.33. The first kappa shape index (κ1) is 49.7. The number of benzene rings is 1. The first-order valence-electron chi connectivity index (χ1n) is 15.6. The predicted molar refractivity (Wildman–Crippen MR) is 207 cm³/mol. The molecule has 0 aliphatic heterocycles. The summed E-state index contributed by atoms with van der Waals surface area (Å²) < 4.78 is 58.5. The number of nitrogens with zero attached hydrogens (tertiary/aromatic N) is 6. The normalized spacial score (nSPS) is 11.2. The number of aromatic nitrogens is 6. The molecule has 3 aromatic heterocycles. The van der Waals surface area contributed by atoms with Gasteiger partial charge in [0.2, 0.25) is 23.6 Å². The van der Waals surface area contributed by atoms with Gasteiger partial charge in [-0.15, -0.1) is 11.5 Å². The number of aryl methyl sites for hydroxylation is 1. The smallest absolute Gasteiger partial charge is 0.442 e. The number of terminal acetylenes is 1. The van der Waals surface area contributed by atoms with Crippen LogP contribution in [-0.4, -0.2) is 110 Å². The fourth-order valence-corrected chi connectivity index (χ4v) is 6.38. The van der Waals surface area contributed by atoms with Gasteiger partial charge in [-0.25, -0.2) is 19.1 Å². The van der Waals surface area contributed by atoms with E-state index < -0.39 is 75.3 Å². The number of nitrogens with one attached hydrogen (secondary N) is 3. The van der Waals surface area contributed by atoms with E-state index in [1.807, 2.05) is 20.8 Å². The van der Waals surface area contributed by atoms with Gasteiger partial charge in [0.1, 0.15) is 17.9 Å². The molecule has 4 rings (SSSR count). The molecule has 0 atom stereocenters. The highest BCUT2D eigenvalue weighted by molar-refractivity contribution is 7.90. The van der Waals surface area contributed by atoms with E-state index in [0.717, 1.165) is 11.7 Å². The molecular weight excluding hydrogens is 896 g/mol. The van der Waals surface area contributed by atoms with Crippen molar-refractivity contribution in [1.29, 1.82) is 0 Å². The third kappa shape index (κ3) is 15.0. The van der Waals surface area contributed by atoms with Gasteiger partial charge in [-0.1, -0.05) is 61.5 Å². The SMILES string of the molecule is C#CCOc1cc(-n2nc(C(C)(C)C)oc2=O)c(Cl)cc1Cl.COc1cc(OC)nc(NC(=O)NS(=O)(=O)c2c(C(=O)O)c(Cl)nn2C)n1.O=C(O)CNCP(=O)(O)O. The number of sulfonamides is 1. The van der Waals surface area contributed by atoms with Crippen LogP contribution in [0.15, 0.2) is 32.4 Å². The monoisotopic (exact) mass is 929 g/mol. The number of aliphatic carboxylic acids is 1. The van der Waals surface area contributed by atoms with Gasteiger partial charge in [0.05, 0.1) is 48.8 Å². The van der Waals surface area contributed by atoms with E-state index in [1.165, 1.54) is 32.4 Å². The number of hydrogen-bond acceptors (Lipinski definition) is 16. The van der Waals surface area contributed by atoms with E-state index in [2.05, 4.69) is 36.7 Å². The molecule has 2 amide bonds. The zero-order chi connectivity index (χ0) is 45.0. The number of carboxylic acid groups (broad SMARTS) is 2. The lowest BCUT2D eigenvalue weighted by Crippen LogP contribution is -2.36. The number of rotatable bonds is 13. The summed E-state index contributed by atoms with van der Waals surface area (Å²) in [4.78, 5) is 69.0. The average molecular weight is 931 g/mol. The Labute approximate surface area is 348 Å². The van der Waals surface area contributed by atoms with Crippen LogP contribution < -0.4 is 35.3 Å². The Morgan fingerprint density at radius 3 is 2.08 bits per heavy atom. The minimum atomic E-state index is -4.64. The first-order valence-corrected chi connectivity index (χ1v) is 20.1. The third-order valence-corrected chi connectivity index (χ3v) is 9.22. The number of anilines is 1. The number of urea groups is 1. The van der Waals surface area contributed by atoms with Crippen molar-refractivity contribution in [2.24, 2.45) is 7.05 Å². The van der Waals surface area contributed by atoms with E-state index in [0.29, 0.717) is 22.0 Å². The second-order valence-electron chi connectivity index (χ2n) is 11.9. The molecule has 0 spiro atoms. The number of carboxylic acids is 2. The molecule has 0 unspecified atom stereocenters. The molecule has 24 nitrogen and oxygen atoms in total. The van der Waals surface area contributed by atoms with Crippen molar-refractivity contribution >= 4 is 76.3 Å². The van der Waals surface area contributed by atoms with Gasteiger partial charge in [0.25, 0.3) is 10.0 Å². The Morgan fingerprint density at radius 2 is 1.61 bits per heavy atom. The Morgan fingerprint density at radius 1 is 1.02 bits per heavy atom. The maximum absolute atomic E-state index is 12.4. The molecule has 0 saturated carbocycles. The van der Waals surface area contributed by atoms with Crippen LogP contribution in [-0.2, 0) is 31.8 Å². The molecule has 1 aromatic carbocycles. The molecule has 29 heteroatoms. The summed E-state index contributed by atoms with van der Waals surface area (Å²) in [7, 11) is -4.95. The Kier molecular flexibility index (Phi) is 17.7. The molecule has 0 aliphatic rings. The lowest BCUT2D eigenvalue weighted by atomic mass is 9.97. The van der Waals surface area contributed by atoms with E-state index >= 15 is 0 Å². The summed E-state index contributed by atoms with van der Waals surface area (Å²) in [5, 5.41) is 28.1. The summed E-state index contributed by atoms with van der Waals surface area (Å²) >= 11 is 17.8. The molecule has 4 aromatic rings. The number of ether oxygens (including phenoxy) is 3. The highest BCUT2D eigenvalue weighted by Gasteiger charge is 2.32. The topological polar surface area (TPSA) is 339 Å². The van der Waals surface area contributed by atoms with Crippen LogP contribution in [0, 0.1) is 12.3 Å². The maximum Gasteiger partial charge on any atom is 0.442 e. The largest absolute Gasteiger partial charge is 0.481 e. The number of amides is 2. The van der Waals surface area contributed by atoms with Gasteiger partial charge in [0, 0.05) is 18.5 Å². The summed E-state index contributed by atoms with van der Waals surface area (Å²) in [6.45, 7) is 5.25. The second-order valence-corrected chi connectivity index (χ2v) is 16.4. The number of hydrogen-bond donors (Lipinski definition) is 7. The summed E-state index contributed by atoms with van der Waals surface area (Å²) in [6.07, 6.45) is 4.56. The van der Waals surface area contributed by atoms with Crippen molar-refractivity contribution < 1.29 is 66.0 Å². The van der Waals surface area contributed by atoms with Crippen LogP contribution in [0.5, 0.6) is 17.5 Å². The zero-order valence-electron chi connectivity index (χ0n) is 31.4. The number of aromatic carboxylic acids is 1. The van der Waals surface area contributed by atoms with Gasteiger partial charge in [-0.05, 0) is 6.07 Å². The second kappa shape index (κ2) is 21.0. The van der Waals surface area contributed by atoms with Gasteiger partial charge >= 0.3 is 31.3 Å². The molecule has 0 fully saturated rings. The fourth-order valence-electron chi connectivity index (χ4n) is 3.88. The highest BCUT2D eigenvalue weighted by atomic mass is 35.5. The number of methoxy groups -OCH3 is 2. The van der Waals surface area contributed by atoms with Crippen molar-refractivity contribution in [3.05, 3.63) is 55.4 Å². The molecule has 0 aliphatic carbocycles. The van der Waals surface area contributed by atoms with E-state index in [1.54, 1.807) is 4.72 Å².